The molecule has 1 heterocycles. The summed E-state index contributed by atoms with van der Waals surface area (Å²) in [6, 6.07) is 22.4. The standard InChI is InChI=1S/C25H21BrN4O2/c1-17-4-2-5-18(12-17)13-24(31)28-22-15-27-30(16-22)23-10-8-19(9-11-23)25(32)29-21-7-3-6-20(26)14-21/h2-12,14-16H,13H2,1H3,(H,28,31)(H,29,32). The number of halogens is 1. The third-order valence-electron chi connectivity index (χ3n) is 4.79. The predicted molar refractivity (Wildman–Crippen MR) is 129 cm³/mol. The van der Waals surface area contributed by atoms with Crippen molar-refractivity contribution in [2.24, 2.45) is 0 Å². The molecule has 32 heavy (non-hydrogen) atoms. The van der Waals surface area contributed by atoms with E-state index in [2.05, 4.69) is 31.7 Å². The minimum absolute atomic E-state index is 0.102. The Bertz CT molecular complexity index is 1260. The summed E-state index contributed by atoms with van der Waals surface area (Å²) in [6.07, 6.45) is 3.64. The average molecular weight is 489 g/mol. The topological polar surface area (TPSA) is 76.0 Å². The van der Waals surface area contributed by atoms with E-state index >= 15 is 0 Å². The van der Waals surface area contributed by atoms with E-state index in [1.165, 1.54) is 0 Å². The van der Waals surface area contributed by atoms with Crippen molar-refractivity contribution >= 4 is 39.1 Å². The van der Waals surface area contributed by atoms with E-state index in [1.54, 1.807) is 41.3 Å². The number of hydrogen-bond donors (Lipinski definition) is 2. The van der Waals surface area contributed by atoms with E-state index in [-0.39, 0.29) is 11.8 Å². The monoisotopic (exact) mass is 488 g/mol. The molecule has 0 aliphatic heterocycles. The van der Waals surface area contributed by atoms with E-state index in [0.29, 0.717) is 23.4 Å². The van der Waals surface area contributed by atoms with Crippen molar-refractivity contribution in [3.63, 3.8) is 0 Å². The molecule has 0 atom stereocenters. The lowest BCUT2D eigenvalue weighted by molar-refractivity contribution is -0.115. The van der Waals surface area contributed by atoms with Crippen molar-refractivity contribution in [1.82, 2.24) is 9.78 Å². The molecule has 4 rings (SSSR count). The Morgan fingerprint density at radius 1 is 0.938 bits per heavy atom. The number of rotatable bonds is 6. The molecule has 1 aromatic heterocycles. The Morgan fingerprint density at radius 3 is 2.47 bits per heavy atom. The fourth-order valence-electron chi connectivity index (χ4n) is 3.28. The summed E-state index contributed by atoms with van der Waals surface area (Å²) in [5.41, 5.74) is 4.73. The van der Waals surface area contributed by atoms with Gasteiger partial charge in [-0.25, -0.2) is 4.68 Å². The second-order valence-electron chi connectivity index (χ2n) is 7.40. The van der Waals surface area contributed by atoms with E-state index < -0.39 is 0 Å². The van der Waals surface area contributed by atoms with Crippen molar-refractivity contribution in [1.29, 1.82) is 0 Å². The largest absolute Gasteiger partial charge is 0.323 e. The van der Waals surface area contributed by atoms with Crippen LogP contribution in [0.2, 0.25) is 0 Å². The maximum Gasteiger partial charge on any atom is 0.255 e. The van der Waals surface area contributed by atoms with Gasteiger partial charge in [0.15, 0.2) is 0 Å². The van der Waals surface area contributed by atoms with Gasteiger partial charge in [0.05, 0.1) is 30.2 Å². The molecular formula is C25H21BrN4O2. The van der Waals surface area contributed by atoms with Crippen LogP contribution in [0.5, 0.6) is 0 Å². The Balaban J connectivity index is 1.38. The van der Waals surface area contributed by atoms with Crippen LogP contribution >= 0.6 is 15.9 Å². The van der Waals surface area contributed by atoms with Crippen LogP contribution in [0, 0.1) is 6.92 Å². The highest BCUT2D eigenvalue weighted by atomic mass is 79.9. The number of nitrogens with one attached hydrogen (secondary N) is 2. The molecule has 4 aromatic rings. The molecule has 0 saturated heterocycles. The molecule has 0 unspecified atom stereocenters. The van der Waals surface area contributed by atoms with Gasteiger partial charge in [0.2, 0.25) is 5.91 Å². The van der Waals surface area contributed by atoms with E-state index in [4.69, 9.17) is 0 Å². The molecule has 0 aliphatic rings. The highest BCUT2D eigenvalue weighted by molar-refractivity contribution is 9.10. The predicted octanol–water partition coefficient (Wildman–Crippen LogP) is 5.38. The molecule has 2 amide bonds. The number of hydrogen-bond acceptors (Lipinski definition) is 3. The Hall–Kier alpha value is -3.71. The summed E-state index contributed by atoms with van der Waals surface area (Å²) in [4.78, 5) is 24.8. The molecule has 3 aromatic carbocycles. The van der Waals surface area contributed by atoms with Gasteiger partial charge in [0, 0.05) is 15.7 Å². The van der Waals surface area contributed by atoms with E-state index in [1.807, 2.05) is 55.5 Å². The maximum absolute atomic E-state index is 12.5. The van der Waals surface area contributed by atoms with Crippen LogP contribution < -0.4 is 10.6 Å². The molecule has 160 valence electrons. The van der Waals surface area contributed by atoms with E-state index in [0.717, 1.165) is 21.3 Å². The molecular weight excluding hydrogens is 468 g/mol. The Kier molecular flexibility index (Phi) is 6.47. The average Bonchev–Trinajstić information content (AvgIpc) is 3.22. The van der Waals surface area contributed by atoms with E-state index in [9.17, 15) is 9.59 Å². The summed E-state index contributed by atoms with van der Waals surface area (Å²) >= 11 is 3.39. The number of anilines is 2. The molecule has 0 bridgehead atoms. The number of aryl methyl sites for hydroxylation is 1. The molecule has 2 N–H and O–H groups in total. The lowest BCUT2D eigenvalue weighted by atomic mass is 10.1. The SMILES string of the molecule is Cc1cccc(CC(=O)Nc2cnn(-c3ccc(C(=O)Nc4cccc(Br)c4)cc3)c2)c1. The molecule has 0 radical (unpaired) electrons. The Morgan fingerprint density at radius 2 is 1.72 bits per heavy atom. The molecule has 0 saturated carbocycles. The first kappa shape index (κ1) is 21.5. The van der Waals surface area contributed by atoms with Gasteiger partial charge in [-0.2, -0.15) is 5.10 Å². The summed E-state index contributed by atoms with van der Waals surface area (Å²) in [5, 5.41) is 10.0. The minimum Gasteiger partial charge on any atom is -0.323 e. The minimum atomic E-state index is -0.195. The van der Waals surface area contributed by atoms with Crippen LogP contribution in [-0.4, -0.2) is 21.6 Å². The van der Waals surface area contributed by atoms with Crippen LogP contribution in [-0.2, 0) is 11.2 Å². The summed E-state index contributed by atoms with van der Waals surface area (Å²) in [7, 11) is 0. The number of carbonyl (C=O) groups excluding carboxylic acids is 2. The van der Waals surface area contributed by atoms with Crippen molar-refractivity contribution in [2.75, 3.05) is 10.6 Å². The summed E-state index contributed by atoms with van der Waals surface area (Å²) in [6.45, 7) is 2.00. The Labute approximate surface area is 194 Å². The van der Waals surface area contributed by atoms with Crippen LogP contribution in [0.15, 0.2) is 89.7 Å². The van der Waals surface area contributed by atoms with Gasteiger partial charge in [0.25, 0.3) is 5.91 Å². The lowest BCUT2D eigenvalue weighted by Crippen LogP contribution is -2.14. The first-order valence-electron chi connectivity index (χ1n) is 10.0. The van der Waals surface area contributed by atoms with Gasteiger partial charge in [-0.3, -0.25) is 9.59 Å². The number of aromatic nitrogens is 2. The quantitative estimate of drug-likeness (QED) is 0.382. The first-order valence-corrected chi connectivity index (χ1v) is 10.8. The van der Waals surface area contributed by atoms with Crippen LogP contribution in [0.25, 0.3) is 5.69 Å². The van der Waals surface area contributed by atoms with Crippen LogP contribution in [0.4, 0.5) is 11.4 Å². The van der Waals surface area contributed by atoms with Gasteiger partial charge < -0.3 is 10.6 Å². The van der Waals surface area contributed by atoms with Crippen molar-refractivity contribution in [2.45, 2.75) is 13.3 Å². The fourth-order valence-corrected chi connectivity index (χ4v) is 3.68. The maximum atomic E-state index is 12.5. The molecule has 7 heteroatoms. The molecule has 0 spiro atoms. The molecule has 0 aliphatic carbocycles. The summed E-state index contributed by atoms with van der Waals surface area (Å²) in [5.74, 6) is -0.297. The zero-order chi connectivity index (χ0) is 22.5. The van der Waals surface area contributed by atoms with Crippen molar-refractivity contribution in [3.05, 3.63) is 106 Å². The summed E-state index contributed by atoms with van der Waals surface area (Å²) < 4.78 is 2.55. The van der Waals surface area contributed by atoms with Gasteiger partial charge in [-0.05, 0) is 55.0 Å². The third kappa shape index (κ3) is 5.50. The normalized spacial score (nSPS) is 10.6. The number of carbonyl (C=O) groups is 2. The van der Waals surface area contributed by atoms with Crippen molar-refractivity contribution < 1.29 is 9.59 Å². The van der Waals surface area contributed by atoms with Crippen molar-refractivity contribution in [3.8, 4) is 5.69 Å². The van der Waals surface area contributed by atoms with Gasteiger partial charge >= 0.3 is 0 Å². The molecule has 0 fully saturated rings. The highest BCUT2D eigenvalue weighted by Crippen LogP contribution is 2.18. The lowest BCUT2D eigenvalue weighted by Gasteiger charge is -2.07. The number of amides is 2. The van der Waals surface area contributed by atoms with Crippen LogP contribution in [0.1, 0.15) is 21.5 Å². The second kappa shape index (κ2) is 9.62. The highest BCUT2D eigenvalue weighted by Gasteiger charge is 2.09. The smallest absolute Gasteiger partial charge is 0.255 e. The van der Waals surface area contributed by atoms with Gasteiger partial charge in [0.1, 0.15) is 0 Å². The fraction of sp³-hybridized carbons (Fsp3) is 0.0800. The number of nitrogens with zero attached hydrogens (tertiary/aromatic N) is 2. The van der Waals surface area contributed by atoms with Gasteiger partial charge in [-0.1, -0.05) is 51.8 Å². The third-order valence-corrected chi connectivity index (χ3v) is 5.28. The second-order valence-corrected chi connectivity index (χ2v) is 8.31. The molecule has 6 nitrogen and oxygen atoms in total. The van der Waals surface area contributed by atoms with Gasteiger partial charge in [-0.15, -0.1) is 0 Å². The van der Waals surface area contributed by atoms with Crippen LogP contribution in [0.3, 0.4) is 0 Å². The zero-order valence-corrected chi connectivity index (χ0v) is 19.0. The first-order chi connectivity index (χ1) is 15.5. The number of benzene rings is 3. The zero-order valence-electron chi connectivity index (χ0n) is 17.4.